The molecule has 9 heteroatoms. The van der Waals surface area contributed by atoms with Crippen LogP contribution in [0.15, 0.2) is 24.3 Å². The first-order valence-electron chi connectivity index (χ1n) is 18.5. The number of ether oxygens (including phenoxy) is 6. The summed E-state index contributed by atoms with van der Waals surface area (Å²) < 4.78 is 36.6. The number of hydrogen-bond acceptors (Lipinski definition) is 7. The molecule has 0 bridgehead atoms. The van der Waals surface area contributed by atoms with Crippen molar-refractivity contribution in [1.29, 1.82) is 0 Å². The van der Waals surface area contributed by atoms with Crippen LogP contribution in [-0.2, 0) is 0 Å². The van der Waals surface area contributed by atoms with Crippen molar-refractivity contribution in [2.24, 2.45) is 17.8 Å². The Labute approximate surface area is 312 Å². The monoisotopic (exact) mass is 695 g/mol. The maximum absolute atomic E-state index is 14.3. The van der Waals surface area contributed by atoms with Crippen LogP contribution in [-0.4, -0.2) is 65.5 Å². The van der Waals surface area contributed by atoms with Gasteiger partial charge in [0.25, 0.3) is 0 Å². The first-order valence-corrected chi connectivity index (χ1v) is 19.5. The van der Waals surface area contributed by atoms with E-state index in [0.717, 1.165) is 75.3 Å². The molecule has 0 aliphatic carbocycles. The van der Waals surface area contributed by atoms with Gasteiger partial charge in [-0.2, -0.15) is 0 Å². The van der Waals surface area contributed by atoms with Crippen LogP contribution >= 0.6 is 8.58 Å². The molecular formula is C40H65LiO7P. The van der Waals surface area contributed by atoms with Crippen LogP contribution < -0.4 is 33.7 Å². The van der Waals surface area contributed by atoms with Gasteiger partial charge >= 0.3 is 0 Å². The van der Waals surface area contributed by atoms with E-state index in [-0.39, 0.29) is 33.0 Å². The van der Waals surface area contributed by atoms with E-state index in [2.05, 4.69) is 41.5 Å². The smallest absolute Gasteiger partial charge is 0.193 e. The van der Waals surface area contributed by atoms with Gasteiger partial charge < -0.3 is 28.4 Å². The molecule has 0 amide bonds. The third-order valence-corrected chi connectivity index (χ3v) is 10.5. The molecule has 2 rings (SSSR count). The molecule has 0 N–H and O–H groups in total. The molecule has 273 valence electrons. The number of hydrogen-bond donors (Lipinski definition) is 0. The molecule has 0 fully saturated rings. The largest absolute Gasteiger partial charge is 0.496 e. The average Bonchev–Trinajstić information content (AvgIpc) is 3.11. The second kappa shape index (κ2) is 25.8. The van der Waals surface area contributed by atoms with Crippen molar-refractivity contribution in [1.82, 2.24) is 0 Å². The Hall–Kier alpha value is -2.06. The summed E-state index contributed by atoms with van der Waals surface area (Å²) in [5.41, 5.74) is 0.248. The molecule has 0 aliphatic rings. The number of benzene rings is 2. The second-order valence-corrected chi connectivity index (χ2v) is 14.0. The molecule has 4 atom stereocenters. The zero-order valence-corrected chi connectivity index (χ0v) is 33.5. The van der Waals surface area contributed by atoms with Crippen molar-refractivity contribution in [2.75, 3.05) is 41.2 Å². The van der Waals surface area contributed by atoms with Gasteiger partial charge in [0.2, 0.25) is 0 Å². The van der Waals surface area contributed by atoms with Crippen molar-refractivity contribution < 1.29 is 33.2 Å². The fourth-order valence-electron chi connectivity index (χ4n) is 5.73. The average molecular weight is 696 g/mol. The van der Waals surface area contributed by atoms with E-state index in [1.807, 2.05) is 12.1 Å². The maximum Gasteiger partial charge on any atom is 0.193 e. The normalized spacial score (nSPS) is 13.0. The molecule has 0 saturated carbocycles. The summed E-state index contributed by atoms with van der Waals surface area (Å²) in [7, 11) is 4.39. The molecule has 4 unspecified atom stereocenters. The first kappa shape index (κ1) is 45.0. The summed E-state index contributed by atoms with van der Waals surface area (Å²) in [5.74, 6) is 4.71. The van der Waals surface area contributed by atoms with Gasteiger partial charge in [-0.25, -0.2) is 0 Å². The van der Waals surface area contributed by atoms with E-state index in [1.165, 1.54) is 12.8 Å². The fraction of sp³-hybridized carbons (Fsp3) is 0.675. The number of methoxy groups -OCH3 is 3. The van der Waals surface area contributed by atoms with Gasteiger partial charge in [0.1, 0.15) is 40.1 Å². The maximum atomic E-state index is 14.3. The van der Waals surface area contributed by atoms with Crippen LogP contribution in [0.25, 0.3) is 0 Å². The van der Waals surface area contributed by atoms with Crippen LogP contribution in [0, 0.1) is 17.8 Å². The molecule has 0 heterocycles. The molecular weight excluding hydrogens is 630 g/mol. The van der Waals surface area contributed by atoms with Crippen LogP contribution in [0.1, 0.15) is 129 Å². The minimum atomic E-state index is -0.292. The molecule has 1 radical (unpaired) electrons. The minimum Gasteiger partial charge on any atom is -0.496 e. The molecule has 49 heavy (non-hydrogen) atoms. The predicted octanol–water partition coefficient (Wildman–Crippen LogP) is 10.3. The number of carbonyl (C=O) groups is 1. The number of unbranched alkanes of at least 4 members (excludes halogenated alkanes) is 3. The molecule has 0 aliphatic heterocycles. The summed E-state index contributed by atoms with van der Waals surface area (Å²) >= 11 is 0. The molecule has 0 saturated heterocycles. The Morgan fingerprint density at radius 1 is 0.571 bits per heavy atom. The van der Waals surface area contributed by atoms with Crippen molar-refractivity contribution in [2.45, 2.75) is 119 Å². The van der Waals surface area contributed by atoms with E-state index in [9.17, 15) is 4.79 Å². The Morgan fingerprint density at radius 3 is 1.31 bits per heavy atom. The Morgan fingerprint density at radius 2 is 0.959 bits per heavy atom. The number of rotatable bonds is 27. The Bertz CT molecular complexity index is 1140. The van der Waals surface area contributed by atoms with Crippen molar-refractivity contribution in [3.8, 4) is 34.5 Å². The Kier molecular flexibility index (Phi) is 23.7. The summed E-state index contributed by atoms with van der Waals surface area (Å²) in [6.45, 7) is 15.1. The van der Waals surface area contributed by atoms with Crippen molar-refractivity contribution in [3.05, 3.63) is 29.8 Å². The fourth-order valence-corrected chi connectivity index (χ4v) is 6.86. The van der Waals surface area contributed by atoms with Crippen molar-refractivity contribution >= 4 is 38.3 Å². The van der Waals surface area contributed by atoms with E-state index in [0.29, 0.717) is 71.9 Å². The van der Waals surface area contributed by atoms with Crippen LogP contribution in [0.3, 0.4) is 0 Å². The van der Waals surface area contributed by atoms with Crippen LogP contribution in [0.5, 0.6) is 34.5 Å². The zero-order chi connectivity index (χ0) is 35.3. The van der Waals surface area contributed by atoms with Gasteiger partial charge in [-0.1, -0.05) is 99.3 Å². The summed E-state index contributed by atoms with van der Waals surface area (Å²) in [5, 5.41) is 0.751. The van der Waals surface area contributed by atoms with E-state index in [1.54, 1.807) is 33.5 Å². The van der Waals surface area contributed by atoms with E-state index < -0.39 is 0 Å². The molecule has 2 aromatic carbocycles. The quantitative estimate of drug-likeness (QED) is 0.0680. The van der Waals surface area contributed by atoms with Gasteiger partial charge in [-0.3, -0.25) is 4.79 Å². The predicted molar refractivity (Wildman–Crippen MR) is 207 cm³/mol. The zero-order valence-electron chi connectivity index (χ0n) is 32.5. The summed E-state index contributed by atoms with van der Waals surface area (Å²) in [6, 6.07) is 7.37. The van der Waals surface area contributed by atoms with Crippen LogP contribution in [0.4, 0.5) is 0 Å². The second-order valence-electron chi connectivity index (χ2n) is 12.8. The van der Waals surface area contributed by atoms with Gasteiger partial charge in [-0.15, -0.1) is 0 Å². The standard InChI is InChI=1S/C40H65O7P.Li/c1-10-16-19-29(13-4)26-45-33-24-36(46-27-30(14-5)20-17-11-2)39(37(25-33)47-28-31(15-6)21-18-12-3)48-40(41)38-34(43-8)22-32(42-7)23-35(38)44-9;/h22-25,29-31,48H,10-21,26-28H2,1-9H3;. The SMILES string of the molecule is CCCCC(CC)COc1cc(OCC(CC)CCCC)c(PC(=O)c2c(OC)cc(OC)cc2OC)c(OCC(CC)CCCC)c1.[Li]. The number of carbonyl (C=O) groups excluding carboxylic acids is 1. The van der Waals surface area contributed by atoms with Gasteiger partial charge in [0.05, 0.1) is 46.5 Å². The molecule has 2 aromatic rings. The van der Waals surface area contributed by atoms with Gasteiger partial charge in [0, 0.05) is 43.1 Å². The minimum absolute atomic E-state index is 0. The Balaban J connectivity index is 0.0000120. The summed E-state index contributed by atoms with van der Waals surface area (Å²) in [4.78, 5) is 14.3. The molecule has 7 nitrogen and oxygen atoms in total. The first-order chi connectivity index (χ1) is 23.3. The third-order valence-electron chi connectivity index (χ3n) is 9.28. The van der Waals surface area contributed by atoms with E-state index >= 15 is 0 Å². The third kappa shape index (κ3) is 15.0. The topological polar surface area (TPSA) is 72.5 Å². The van der Waals surface area contributed by atoms with Gasteiger partial charge in [-0.05, 0) is 45.6 Å². The molecule has 0 spiro atoms. The van der Waals surface area contributed by atoms with E-state index in [4.69, 9.17) is 28.4 Å². The van der Waals surface area contributed by atoms with Crippen molar-refractivity contribution in [3.63, 3.8) is 0 Å². The summed E-state index contributed by atoms with van der Waals surface area (Å²) in [6.07, 6.45) is 13.5. The van der Waals surface area contributed by atoms with Crippen LogP contribution in [0.2, 0.25) is 0 Å². The van der Waals surface area contributed by atoms with Gasteiger partial charge in [0.15, 0.2) is 5.52 Å². The molecule has 0 aromatic heterocycles.